The summed E-state index contributed by atoms with van der Waals surface area (Å²) in [5.74, 6) is -1.49. The Labute approximate surface area is 196 Å². The average molecular weight is 489 g/mol. The maximum absolute atomic E-state index is 11.7. The van der Waals surface area contributed by atoms with Crippen molar-refractivity contribution in [3.8, 4) is 0 Å². The number of fused-ring (bicyclic) bond motifs is 1. The maximum Gasteiger partial charge on any atom is 0.303 e. The smallest absolute Gasteiger partial charge is 0.303 e. The summed E-state index contributed by atoms with van der Waals surface area (Å²) >= 11 is 0. The van der Waals surface area contributed by atoms with Gasteiger partial charge < -0.3 is 10.0 Å². The summed E-state index contributed by atoms with van der Waals surface area (Å²) in [4.78, 5) is 23.2. The fourth-order valence-electron chi connectivity index (χ4n) is 3.84. The van der Waals surface area contributed by atoms with Crippen LogP contribution in [0.5, 0.6) is 0 Å². The van der Waals surface area contributed by atoms with Crippen molar-refractivity contribution in [3.05, 3.63) is 64.2 Å². The van der Waals surface area contributed by atoms with Gasteiger partial charge in [0.05, 0.1) is 21.8 Å². The van der Waals surface area contributed by atoms with E-state index in [1.54, 1.807) is 24.3 Å². The summed E-state index contributed by atoms with van der Waals surface area (Å²) in [5, 5.41) is 28.0. The topological polar surface area (TPSA) is 163 Å². The van der Waals surface area contributed by atoms with Crippen molar-refractivity contribution < 1.29 is 27.8 Å². The van der Waals surface area contributed by atoms with E-state index < -0.39 is 32.3 Å². The van der Waals surface area contributed by atoms with Gasteiger partial charge in [-0.05, 0) is 56.2 Å². The van der Waals surface area contributed by atoms with Crippen LogP contribution in [-0.2, 0) is 14.9 Å². The van der Waals surface area contributed by atoms with Crippen LogP contribution in [0.3, 0.4) is 0 Å². The van der Waals surface area contributed by atoms with Gasteiger partial charge in [0.2, 0.25) is 0 Å². The third-order valence-corrected chi connectivity index (χ3v) is 5.97. The lowest BCUT2D eigenvalue weighted by Gasteiger charge is -2.43. The van der Waals surface area contributed by atoms with Crippen molar-refractivity contribution in [1.82, 2.24) is 0 Å². The number of nitro groups is 1. The lowest BCUT2D eigenvalue weighted by Crippen LogP contribution is -2.46. The number of nitrogens with zero attached hydrogens (tertiary/aromatic N) is 4. The number of hydrogen-bond donors (Lipinski definition) is 2. The lowest BCUT2D eigenvalue weighted by molar-refractivity contribution is -0.384. The number of hydrogen-bond acceptors (Lipinski definition) is 8. The van der Waals surface area contributed by atoms with Crippen LogP contribution in [0.2, 0.25) is 0 Å². The molecule has 0 atom stereocenters. The van der Waals surface area contributed by atoms with Gasteiger partial charge in [-0.3, -0.25) is 19.5 Å². The van der Waals surface area contributed by atoms with E-state index >= 15 is 0 Å². The van der Waals surface area contributed by atoms with Gasteiger partial charge in [-0.25, -0.2) is 0 Å². The van der Waals surface area contributed by atoms with Crippen LogP contribution >= 0.6 is 0 Å². The Hall–Kier alpha value is -3.64. The Balaban J connectivity index is 1.97. The molecule has 0 bridgehead atoms. The molecule has 3 rings (SSSR count). The molecule has 2 N–H and O–H groups in total. The molecule has 1 aliphatic rings. The van der Waals surface area contributed by atoms with E-state index in [1.165, 1.54) is 24.3 Å². The second-order valence-electron chi connectivity index (χ2n) is 8.37. The first kappa shape index (κ1) is 25.0. The zero-order valence-electron chi connectivity index (χ0n) is 18.6. The summed E-state index contributed by atoms with van der Waals surface area (Å²) in [5.41, 5.74) is 1.71. The first-order valence-electron chi connectivity index (χ1n) is 10.3. The lowest BCUT2D eigenvalue weighted by atomic mass is 9.88. The quantitative estimate of drug-likeness (QED) is 0.221. The highest BCUT2D eigenvalue weighted by Crippen LogP contribution is 2.41. The van der Waals surface area contributed by atoms with Crippen LogP contribution in [0, 0.1) is 10.1 Å². The summed E-state index contributed by atoms with van der Waals surface area (Å²) < 4.78 is 32.8. The van der Waals surface area contributed by atoms with Crippen molar-refractivity contribution in [1.29, 1.82) is 0 Å². The van der Waals surface area contributed by atoms with Crippen molar-refractivity contribution in [3.63, 3.8) is 0 Å². The number of azo groups is 1. The van der Waals surface area contributed by atoms with Crippen molar-refractivity contribution in [2.75, 3.05) is 17.2 Å². The Morgan fingerprint density at radius 3 is 2.32 bits per heavy atom. The molecule has 180 valence electrons. The standard InChI is InChI=1S/C22H24N4O7S/c1-22(2)13-15(14-34(31,32)33)19-12-17(7-10-20(19)25(22)11-3-4-21(27)28)24-23-16-5-8-18(9-6-16)26(29)30/h5-10,12-13H,3-4,11,14H2,1-2H3,(H,27,28)(H,31,32,33)/b24-23+. The van der Waals surface area contributed by atoms with Gasteiger partial charge in [-0.2, -0.15) is 18.6 Å². The van der Waals surface area contributed by atoms with Crippen molar-refractivity contribution >= 4 is 44.4 Å². The molecule has 0 aliphatic carbocycles. The molecule has 0 aromatic heterocycles. The van der Waals surface area contributed by atoms with E-state index in [1.807, 2.05) is 18.7 Å². The molecule has 0 saturated heterocycles. The summed E-state index contributed by atoms with van der Waals surface area (Å²) in [6, 6.07) is 10.6. The largest absolute Gasteiger partial charge is 0.481 e. The minimum absolute atomic E-state index is 0.00889. The van der Waals surface area contributed by atoms with E-state index in [0.29, 0.717) is 41.2 Å². The number of benzene rings is 2. The molecule has 0 saturated carbocycles. The molecule has 0 unspecified atom stereocenters. The molecule has 2 aromatic rings. The van der Waals surface area contributed by atoms with Gasteiger partial charge in [0.1, 0.15) is 5.75 Å². The minimum Gasteiger partial charge on any atom is -0.481 e. The number of carboxylic acid groups (broad SMARTS) is 1. The van der Waals surface area contributed by atoms with Gasteiger partial charge in [0.15, 0.2) is 0 Å². The van der Waals surface area contributed by atoms with Crippen LogP contribution in [0.25, 0.3) is 5.57 Å². The molecule has 0 fully saturated rings. The molecule has 34 heavy (non-hydrogen) atoms. The maximum atomic E-state index is 11.7. The van der Waals surface area contributed by atoms with Crippen molar-refractivity contribution in [2.45, 2.75) is 32.2 Å². The van der Waals surface area contributed by atoms with Gasteiger partial charge in [-0.1, -0.05) is 6.08 Å². The van der Waals surface area contributed by atoms with Crippen LogP contribution in [-0.4, -0.2) is 46.8 Å². The van der Waals surface area contributed by atoms with Crippen LogP contribution < -0.4 is 4.90 Å². The number of non-ortho nitro benzene ring substituents is 1. The second-order valence-corrected chi connectivity index (χ2v) is 9.83. The Morgan fingerprint density at radius 1 is 1.12 bits per heavy atom. The van der Waals surface area contributed by atoms with Gasteiger partial charge in [-0.15, -0.1) is 0 Å². The van der Waals surface area contributed by atoms with Crippen LogP contribution in [0.4, 0.5) is 22.7 Å². The van der Waals surface area contributed by atoms with Gasteiger partial charge in [0, 0.05) is 36.3 Å². The zero-order chi connectivity index (χ0) is 25.1. The molecule has 0 radical (unpaired) electrons. The highest BCUT2D eigenvalue weighted by molar-refractivity contribution is 7.86. The van der Waals surface area contributed by atoms with E-state index in [2.05, 4.69) is 10.2 Å². The molecular weight excluding hydrogens is 464 g/mol. The number of anilines is 1. The molecular formula is C22H24N4O7S. The molecule has 1 aliphatic heterocycles. The van der Waals surface area contributed by atoms with Crippen LogP contribution in [0.1, 0.15) is 32.3 Å². The normalized spacial score (nSPS) is 15.1. The third kappa shape index (κ3) is 6.23. The predicted molar refractivity (Wildman–Crippen MR) is 126 cm³/mol. The molecule has 11 nitrogen and oxygen atoms in total. The highest BCUT2D eigenvalue weighted by atomic mass is 32.2. The summed E-state index contributed by atoms with van der Waals surface area (Å²) in [6.07, 6.45) is 2.12. The Morgan fingerprint density at radius 2 is 1.74 bits per heavy atom. The van der Waals surface area contributed by atoms with Gasteiger partial charge >= 0.3 is 5.97 Å². The fourth-order valence-corrected chi connectivity index (χ4v) is 4.47. The molecule has 0 amide bonds. The van der Waals surface area contributed by atoms with E-state index in [9.17, 15) is 27.9 Å². The summed E-state index contributed by atoms with van der Waals surface area (Å²) in [7, 11) is -4.32. The summed E-state index contributed by atoms with van der Waals surface area (Å²) in [6.45, 7) is 4.18. The highest BCUT2D eigenvalue weighted by Gasteiger charge is 2.33. The third-order valence-electron chi connectivity index (χ3n) is 5.29. The SMILES string of the molecule is CC1(C)C=C(CS(=O)(=O)O)c2cc(/N=N/c3ccc([N+](=O)[O-])cc3)ccc2N1CCCC(=O)O. The van der Waals surface area contributed by atoms with E-state index in [-0.39, 0.29) is 12.1 Å². The van der Waals surface area contributed by atoms with Gasteiger partial charge in [0.25, 0.3) is 15.8 Å². The number of rotatable bonds is 9. The number of carbonyl (C=O) groups is 1. The fraction of sp³-hybridized carbons (Fsp3) is 0.318. The first-order chi connectivity index (χ1) is 15.9. The van der Waals surface area contributed by atoms with E-state index in [4.69, 9.17) is 5.11 Å². The molecule has 2 aromatic carbocycles. The monoisotopic (exact) mass is 488 g/mol. The zero-order valence-corrected chi connectivity index (χ0v) is 19.4. The van der Waals surface area contributed by atoms with E-state index in [0.717, 1.165) is 0 Å². The molecule has 1 heterocycles. The first-order valence-corrected chi connectivity index (χ1v) is 11.9. The number of carboxylic acids is 1. The molecule has 12 heteroatoms. The van der Waals surface area contributed by atoms with Crippen molar-refractivity contribution in [2.24, 2.45) is 10.2 Å². The molecule has 0 spiro atoms. The minimum atomic E-state index is -4.32. The predicted octanol–water partition coefficient (Wildman–Crippen LogP) is 4.74. The Kier molecular flexibility index (Phi) is 7.12. The second kappa shape index (κ2) is 9.69. The number of nitro benzene ring substituents is 1. The average Bonchev–Trinajstić information content (AvgIpc) is 2.73. The Bertz CT molecular complexity index is 1270. The van der Waals surface area contributed by atoms with Crippen LogP contribution in [0.15, 0.2) is 58.8 Å². The number of aliphatic carboxylic acids is 1.